The highest BCUT2D eigenvalue weighted by atomic mass is 35.5. The average molecular weight is 197 g/mol. The lowest BCUT2D eigenvalue weighted by atomic mass is 10.6. The maximum absolute atomic E-state index is 9.85. The molecule has 0 aliphatic carbocycles. The van der Waals surface area contributed by atoms with Gasteiger partial charge in [0, 0.05) is 6.07 Å². The Morgan fingerprint density at radius 1 is 1.23 bits per heavy atom. The van der Waals surface area contributed by atoms with E-state index in [1.807, 2.05) is 0 Å². The van der Waals surface area contributed by atoms with Crippen LogP contribution in [0.3, 0.4) is 0 Å². The molecule has 0 fully saturated rings. The summed E-state index contributed by atoms with van der Waals surface area (Å²) in [6.07, 6.45) is 2.50. The monoisotopic (exact) mass is 196 g/mol. The Kier molecular flexibility index (Phi) is 3.00. The van der Waals surface area contributed by atoms with E-state index in [-0.39, 0.29) is 16.9 Å². The highest BCUT2D eigenvalue weighted by Gasteiger charge is 2.00. The predicted octanol–water partition coefficient (Wildman–Crippen LogP) is 1.06. The maximum Gasteiger partial charge on any atom is 0.263 e. The van der Waals surface area contributed by atoms with Crippen molar-refractivity contribution in [1.29, 1.82) is 0 Å². The molecule has 7 heteroatoms. The fourth-order valence-corrected chi connectivity index (χ4v) is 0.762. The van der Waals surface area contributed by atoms with E-state index >= 15 is 0 Å². The molecule has 0 unspecified atom stereocenters. The molecule has 6 nitrogen and oxygen atoms in total. The van der Waals surface area contributed by atoms with Gasteiger partial charge in [0.1, 0.15) is 5.15 Å². The number of aliphatic imine (C=N–C) groups is 2. The molecule has 0 radical (unpaired) electrons. The molecule has 1 rings (SSSR count). The molecule has 64 valence electrons. The number of isocyanates is 2. The van der Waals surface area contributed by atoms with Crippen LogP contribution in [0.1, 0.15) is 0 Å². The van der Waals surface area contributed by atoms with E-state index in [1.165, 1.54) is 18.2 Å². The van der Waals surface area contributed by atoms with Gasteiger partial charge in [-0.1, -0.05) is 11.6 Å². The molecule has 0 spiro atoms. The molecule has 1 aromatic heterocycles. The zero-order valence-electron chi connectivity index (χ0n) is 6.06. The van der Waals surface area contributed by atoms with Gasteiger partial charge in [0.05, 0.1) is 0 Å². The van der Waals surface area contributed by atoms with Crippen molar-refractivity contribution in [2.45, 2.75) is 0 Å². The number of hydrogen-bond acceptors (Lipinski definition) is 6. The molecule has 1 heterocycles. The molecule has 0 saturated carbocycles. The van der Waals surface area contributed by atoms with Gasteiger partial charge < -0.3 is 0 Å². The first kappa shape index (κ1) is 9.22. The third-order valence-electron chi connectivity index (χ3n) is 0.975. The van der Waals surface area contributed by atoms with E-state index in [2.05, 4.69) is 20.0 Å². The maximum atomic E-state index is 9.85. The summed E-state index contributed by atoms with van der Waals surface area (Å²) in [5.41, 5.74) is 0. The standard InChI is InChI=1S/C6HClN4O2/c7-4-1-5(8-2-12)11-6(10-4)9-3-13/h1H. The Hall–Kier alpha value is -1.87. The van der Waals surface area contributed by atoms with Crippen LogP contribution >= 0.6 is 11.6 Å². The van der Waals surface area contributed by atoms with Gasteiger partial charge in [-0.2, -0.15) is 9.97 Å². The Bertz CT molecular complexity index is 384. The molecule has 0 aromatic carbocycles. The Morgan fingerprint density at radius 2 is 1.92 bits per heavy atom. The second-order valence-corrected chi connectivity index (χ2v) is 2.14. The summed E-state index contributed by atoms with van der Waals surface area (Å²) in [6, 6.07) is 1.23. The van der Waals surface area contributed by atoms with Crippen molar-refractivity contribution in [1.82, 2.24) is 9.97 Å². The second-order valence-electron chi connectivity index (χ2n) is 1.76. The van der Waals surface area contributed by atoms with Gasteiger partial charge >= 0.3 is 0 Å². The van der Waals surface area contributed by atoms with E-state index in [0.29, 0.717) is 0 Å². The molecule has 13 heavy (non-hydrogen) atoms. The quantitative estimate of drug-likeness (QED) is 0.402. The van der Waals surface area contributed by atoms with Gasteiger partial charge in [-0.3, -0.25) is 0 Å². The average Bonchev–Trinajstić information content (AvgIpc) is 2.04. The summed E-state index contributed by atoms with van der Waals surface area (Å²) >= 11 is 5.49. The van der Waals surface area contributed by atoms with Crippen molar-refractivity contribution in [2.75, 3.05) is 0 Å². The van der Waals surface area contributed by atoms with Gasteiger partial charge in [0.15, 0.2) is 5.82 Å². The van der Waals surface area contributed by atoms with E-state index in [0.717, 1.165) is 0 Å². The summed E-state index contributed by atoms with van der Waals surface area (Å²) < 4.78 is 0. The lowest BCUT2D eigenvalue weighted by Gasteiger charge is -1.92. The largest absolute Gasteiger partial charge is 0.263 e. The molecule has 0 saturated heterocycles. The topological polar surface area (TPSA) is 84.6 Å². The molecule has 0 aliphatic heterocycles. The van der Waals surface area contributed by atoms with Crippen LogP contribution in [0.15, 0.2) is 16.1 Å². The number of nitrogens with zero attached hydrogens (tertiary/aromatic N) is 4. The van der Waals surface area contributed by atoms with Crippen LogP contribution in [0.5, 0.6) is 0 Å². The van der Waals surface area contributed by atoms with E-state index in [4.69, 9.17) is 11.6 Å². The SMILES string of the molecule is O=C=Nc1cc(Cl)nc(N=C=O)n1. The second kappa shape index (κ2) is 4.23. The first-order chi connectivity index (χ1) is 6.26. The first-order valence-corrected chi connectivity index (χ1v) is 3.34. The fraction of sp³-hybridized carbons (Fsp3) is 0. The molecule has 0 N–H and O–H groups in total. The minimum Gasteiger partial charge on any atom is -0.211 e. The highest BCUT2D eigenvalue weighted by Crippen LogP contribution is 2.17. The number of hydrogen-bond donors (Lipinski definition) is 0. The Morgan fingerprint density at radius 3 is 2.54 bits per heavy atom. The van der Waals surface area contributed by atoms with Gasteiger partial charge in [-0.05, 0) is 0 Å². The van der Waals surface area contributed by atoms with E-state index in [1.54, 1.807) is 0 Å². The summed E-state index contributed by atoms with van der Waals surface area (Å²) in [5.74, 6) is -0.208. The van der Waals surface area contributed by atoms with Gasteiger partial charge in [0.25, 0.3) is 5.95 Å². The van der Waals surface area contributed by atoms with Crippen molar-refractivity contribution >= 4 is 35.5 Å². The van der Waals surface area contributed by atoms with Crippen molar-refractivity contribution in [2.24, 2.45) is 9.98 Å². The molecule has 1 aromatic rings. The molecule has 0 amide bonds. The highest BCUT2D eigenvalue weighted by molar-refractivity contribution is 6.29. The number of aromatic nitrogens is 2. The zero-order chi connectivity index (χ0) is 9.68. The smallest absolute Gasteiger partial charge is 0.211 e. The van der Waals surface area contributed by atoms with Gasteiger partial charge in [-0.15, -0.1) is 9.98 Å². The predicted molar refractivity (Wildman–Crippen MR) is 42.6 cm³/mol. The van der Waals surface area contributed by atoms with E-state index < -0.39 is 0 Å². The Labute approximate surface area is 77.0 Å². The van der Waals surface area contributed by atoms with Crippen molar-refractivity contribution in [3.05, 3.63) is 11.2 Å². The van der Waals surface area contributed by atoms with Crippen molar-refractivity contribution in [3.8, 4) is 0 Å². The van der Waals surface area contributed by atoms with Crippen LogP contribution in [-0.2, 0) is 9.59 Å². The number of halogens is 1. The van der Waals surface area contributed by atoms with Gasteiger partial charge in [0.2, 0.25) is 12.2 Å². The molecular formula is C6HClN4O2. The first-order valence-electron chi connectivity index (χ1n) is 2.96. The number of rotatable bonds is 2. The molecule has 0 bridgehead atoms. The molecular weight excluding hydrogens is 196 g/mol. The third-order valence-corrected chi connectivity index (χ3v) is 1.17. The fourth-order valence-electron chi connectivity index (χ4n) is 0.589. The summed E-state index contributed by atoms with van der Waals surface area (Å²) in [5, 5.41) is 0.0259. The minimum absolute atomic E-state index is 0.0102. The van der Waals surface area contributed by atoms with Crippen LogP contribution in [0, 0.1) is 0 Å². The van der Waals surface area contributed by atoms with E-state index in [9.17, 15) is 9.59 Å². The zero-order valence-corrected chi connectivity index (χ0v) is 6.82. The lowest BCUT2D eigenvalue weighted by Crippen LogP contribution is -1.81. The van der Waals surface area contributed by atoms with Crippen LogP contribution in [0.4, 0.5) is 11.8 Å². The minimum atomic E-state index is -0.198. The van der Waals surface area contributed by atoms with Crippen LogP contribution < -0.4 is 0 Å². The molecule has 0 atom stereocenters. The van der Waals surface area contributed by atoms with Crippen molar-refractivity contribution < 1.29 is 9.59 Å². The van der Waals surface area contributed by atoms with Crippen LogP contribution in [0.25, 0.3) is 0 Å². The van der Waals surface area contributed by atoms with Crippen LogP contribution in [0.2, 0.25) is 5.15 Å². The summed E-state index contributed by atoms with van der Waals surface area (Å²) in [7, 11) is 0. The van der Waals surface area contributed by atoms with Crippen LogP contribution in [-0.4, -0.2) is 22.1 Å². The summed E-state index contributed by atoms with van der Waals surface area (Å²) in [4.78, 5) is 33.1. The number of carbonyl (C=O) groups excluding carboxylic acids is 2. The lowest BCUT2D eigenvalue weighted by molar-refractivity contribution is 0.564. The normalized spacial score (nSPS) is 8.38. The molecule has 0 aliphatic rings. The van der Waals surface area contributed by atoms with Crippen molar-refractivity contribution in [3.63, 3.8) is 0 Å². The Balaban J connectivity index is 3.25. The third kappa shape index (κ3) is 2.57. The van der Waals surface area contributed by atoms with Gasteiger partial charge in [-0.25, -0.2) is 9.59 Å². The summed E-state index contributed by atoms with van der Waals surface area (Å²) in [6.45, 7) is 0.